The number of rotatable bonds is 5. The van der Waals surface area contributed by atoms with Crippen LogP contribution in [0.1, 0.15) is 16.4 Å². The summed E-state index contributed by atoms with van der Waals surface area (Å²) in [5.74, 6) is -2.33. The number of carbonyl (C=O) groups excluding carboxylic acids is 3. The highest BCUT2D eigenvalue weighted by atomic mass is 79.9. The molecule has 2 aliphatic heterocycles. The van der Waals surface area contributed by atoms with Crippen LogP contribution in [0.25, 0.3) is 10.8 Å². The second-order valence-corrected chi connectivity index (χ2v) is 13.8. The second kappa shape index (κ2) is 11.1. The van der Waals surface area contributed by atoms with Gasteiger partial charge in [0.05, 0.1) is 16.6 Å². The van der Waals surface area contributed by atoms with Crippen LogP contribution in [0.15, 0.2) is 105 Å². The molecule has 214 valence electrons. The topological polar surface area (TPSA) is 88.5 Å². The summed E-state index contributed by atoms with van der Waals surface area (Å²) in [6.45, 7) is -0.232. The number of fused-ring (bicyclic) bond motifs is 3. The number of thioether (sulfide) groups is 1. The van der Waals surface area contributed by atoms with Crippen LogP contribution in [0.4, 0.5) is 11.4 Å². The van der Waals surface area contributed by atoms with Crippen LogP contribution in [-0.4, -0.2) is 27.5 Å². The van der Waals surface area contributed by atoms with Gasteiger partial charge in [0, 0.05) is 31.4 Å². The molecule has 0 bridgehead atoms. The SMILES string of the molecule is O=C(Cn1c2c(sc1=O)[C@@H](c1ccc(Cl)cc1)[C@@H]1C(=O)N(c3ccc(Br)cc3)C(=O)[C@@H]1S2)Nc1cccc2ccccc12. The van der Waals surface area contributed by atoms with Crippen molar-refractivity contribution in [3.8, 4) is 0 Å². The Labute approximate surface area is 267 Å². The smallest absolute Gasteiger partial charge is 0.308 e. The number of hydrogen-bond acceptors (Lipinski definition) is 6. The summed E-state index contributed by atoms with van der Waals surface area (Å²) in [5.41, 5.74) is 1.90. The van der Waals surface area contributed by atoms with E-state index in [1.165, 1.54) is 21.2 Å². The van der Waals surface area contributed by atoms with E-state index in [1.54, 1.807) is 36.4 Å². The fourth-order valence-electron chi connectivity index (χ4n) is 5.80. The van der Waals surface area contributed by atoms with Gasteiger partial charge in [-0.15, -0.1) is 0 Å². The molecule has 3 amide bonds. The molecule has 5 aromatic rings. The molecular formula is C32H21BrClN3O4S2. The van der Waals surface area contributed by atoms with Crippen LogP contribution in [0.3, 0.4) is 0 Å². The van der Waals surface area contributed by atoms with E-state index < -0.39 is 17.1 Å². The molecule has 4 aromatic carbocycles. The Morgan fingerprint density at radius 2 is 1.60 bits per heavy atom. The van der Waals surface area contributed by atoms with E-state index in [4.69, 9.17) is 11.6 Å². The van der Waals surface area contributed by atoms with Crippen molar-refractivity contribution >= 4 is 90.5 Å². The molecule has 43 heavy (non-hydrogen) atoms. The fourth-order valence-corrected chi connectivity index (χ4v) is 8.96. The Hall–Kier alpha value is -3.70. The van der Waals surface area contributed by atoms with Crippen LogP contribution in [0.5, 0.6) is 0 Å². The third-order valence-electron chi connectivity index (χ3n) is 7.73. The van der Waals surface area contributed by atoms with Gasteiger partial charge in [-0.2, -0.15) is 0 Å². The minimum absolute atomic E-state index is 0.232. The molecule has 0 spiro atoms. The number of hydrogen-bond donors (Lipinski definition) is 1. The van der Waals surface area contributed by atoms with E-state index in [-0.39, 0.29) is 29.1 Å². The van der Waals surface area contributed by atoms with Crippen molar-refractivity contribution in [3.63, 3.8) is 0 Å². The lowest BCUT2D eigenvalue weighted by Crippen LogP contribution is -2.33. The second-order valence-electron chi connectivity index (χ2n) is 10.3. The molecule has 7 nitrogen and oxygen atoms in total. The molecule has 1 saturated heterocycles. The van der Waals surface area contributed by atoms with Crippen LogP contribution in [0.2, 0.25) is 5.02 Å². The number of nitrogens with zero attached hydrogens (tertiary/aromatic N) is 2. The summed E-state index contributed by atoms with van der Waals surface area (Å²) in [4.78, 5) is 56.2. The lowest BCUT2D eigenvalue weighted by molar-refractivity contribution is -0.122. The van der Waals surface area contributed by atoms with Gasteiger partial charge in [0.25, 0.3) is 0 Å². The predicted molar refractivity (Wildman–Crippen MR) is 174 cm³/mol. The van der Waals surface area contributed by atoms with Gasteiger partial charge >= 0.3 is 4.87 Å². The lowest BCUT2D eigenvalue weighted by Gasteiger charge is -2.30. The number of halogens is 2. The number of anilines is 2. The van der Waals surface area contributed by atoms with E-state index in [9.17, 15) is 19.2 Å². The lowest BCUT2D eigenvalue weighted by atomic mass is 9.83. The zero-order valence-electron chi connectivity index (χ0n) is 22.2. The van der Waals surface area contributed by atoms with E-state index >= 15 is 0 Å². The summed E-state index contributed by atoms with van der Waals surface area (Å²) >= 11 is 11.8. The van der Waals surface area contributed by atoms with Crippen molar-refractivity contribution in [2.45, 2.75) is 22.7 Å². The van der Waals surface area contributed by atoms with Gasteiger partial charge in [-0.25, -0.2) is 4.90 Å². The quantitative estimate of drug-likeness (QED) is 0.203. The average Bonchev–Trinajstić information content (AvgIpc) is 3.44. The van der Waals surface area contributed by atoms with E-state index in [0.717, 1.165) is 32.1 Å². The first-order valence-electron chi connectivity index (χ1n) is 13.4. The number of aromatic nitrogens is 1. The van der Waals surface area contributed by atoms with Gasteiger partial charge in [-0.1, -0.05) is 99.2 Å². The normalized spacial score (nSPS) is 19.4. The first kappa shape index (κ1) is 28.1. The fraction of sp³-hybridized carbons (Fsp3) is 0.125. The molecule has 11 heteroatoms. The van der Waals surface area contributed by atoms with Crippen molar-refractivity contribution in [2.75, 3.05) is 10.2 Å². The Balaban J connectivity index is 1.28. The maximum atomic E-state index is 14.0. The largest absolute Gasteiger partial charge is 0.324 e. The minimum Gasteiger partial charge on any atom is -0.324 e. The Bertz CT molecular complexity index is 1990. The predicted octanol–water partition coefficient (Wildman–Crippen LogP) is 6.91. The first-order chi connectivity index (χ1) is 20.8. The molecule has 0 aliphatic carbocycles. The molecule has 3 heterocycles. The average molecular weight is 691 g/mol. The highest BCUT2D eigenvalue weighted by Gasteiger charge is 2.56. The van der Waals surface area contributed by atoms with E-state index in [1.807, 2.05) is 54.6 Å². The molecular weight excluding hydrogens is 670 g/mol. The summed E-state index contributed by atoms with van der Waals surface area (Å²) in [7, 11) is 0. The molecule has 0 saturated carbocycles. The van der Waals surface area contributed by atoms with Crippen LogP contribution in [0, 0.1) is 5.92 Å². The summed E-state index contributed by atoms with van der Waals surface area (Å²) in [6.07, 6.45) is 0. The third kappa shape index (κ3) is 4.92. The van der Waals surface area contributed by atoms with Crippen LogP contribution < -0.4 is 15.1 Å². The van der Waals surface area contributed by atoms with Crippen molar-refractivity contribution < 1.29 is 14.4 Å². The summed E-state index contributed by atoms with van der Waals surface area (Å²) in [5, 5.41) is 5.12. The van der Waals surface area contributed by atoms with E-state index in [2.05, 4.69) is 21.2 Å². The molecule has 1 N–H and O–H groups in total. The van der Waals surface area contributed by atoms with Crippen molar-refractivity contribution in [1.29, 1.82) is 0 Å². The van der Waals surface area contributed by atoms with Gasteiger partial charge in [0.2, 0.25) is 17.7 Å². The summed E-state index contributed by atoms with van der Waals surface area (Å²) < 4.78 is 2.25. The Morgan fingerprint density at radius 1 is 0.884 bits per heavy atom. The van der Waals surface area contributed by atoms with Crippen molar-refractivity contribution in [1.82, 2.24) is 4.57 Å². The van der Waals surface area contributed by atoms with Crippen molar-refractivity contribution in [2.24, 2.45) is 5.92 Å². The van der Waals surface area contributed by atoms with Gasteiger partial charge < -0.3 is 5.32 Å². The standard InChI is InChI=1S/C32H21BrClN3O4S2/c33-19-10-14-21(15-11-19)37-29(39)26-25(18-8-12-20(34)13-9-18)28-31(42-27(26)30(37)40)36(32(41)43-28)16-24(38)35-23-7-3-5-17-4-1-2-6-22(17)23/h1-15,25-27H,16H2,(H,35,38)/t25-,26-,27+/m0/s1. The Morgan fingerprint density at radius 3 is 2.37 bits per heavy atom. The molecule has 7 rings (SSSR count). The number of imide groups is 1. The van der Waals surface area contributed by atoms with Crippen LogP contribution in [-0.2, 0) is 20.9 Å². The summed E-state index contributed by atoms with van der Waals surface area (Å²) in [6, 6.07) is 27.5. The van der Waals surface area contributed by atoms with Crippen LogP contribution >= 0.6 is 50.6 Å². The van der Waals surface area contributed by atoms with Crippen molar-refractivity contribution in [3.05, 3.63) is 121 Å². The highest BCUT2D eigenvalue weighted by Crippen LogP contribution is 2.54. The third-order valence-corrected chi connectivity index (χ3v) is 11.1. The monoisotopic (exact) mass is 689 g/mol. The number of nitrogens with one attached hydrogen (secondary N) is 1. The molecule has 1 fully saturated rings. The minimum atomic E-state index is -0.772. The van der Waals surface area contributed by atoms with Gasteiger partial charge in [0.15, 0.2) is 0 Å². The molecule has 2 aliphatic rings. The number of benzene rings is 4. The van der Waals surface area contributed by atoms with Gasteiger partial charge in [0.1, 0.15) is 11.8 Å². The highest BCUT2D eigenvalue weighted by molar-refractivity contribution is 9.10. The van der Waals surface area contributed by atoms with E-state index in [0.29, 0.717) is 26.3 Å². The van der Waals surface area contributed by atoms with Gasteiger partial charge in [-0.05, 0) is 53.4 Å². The zero-order chi connectivity index (χ0) is 29.8. The first-order valence-corrected chi connectivity index (χ1v) is 16.2. The maximum absolute atomic E-state index is 14.0. The molecule has 1 aromatic heterocycles. The Kier molecular flexibility index (Phi) is 7.25. The number of amides is 3. The molecule has 0 unspecified atom stereocenters. The zero-order valence-corrected chi connectivity index (χ0v) is 26.2. The number of thiazole rings is 1. The molecule has 3 atom stereocenters. The molecule has 0 radical (unpaired) electrons. The number of carbonyl (C=O) groups is 3. The maximum Gasteiger partial charge on any atom is 0.308 e. The van der Waals surface area contributed by atoms with Gasteiger partial charge in [-0.3, -0.25) is 23.7 Å².